The number of ether oxygens (including phenoxy) is 1. The van der Waals surface area contributed by atoms with Gasteiger partial charge in [-0.3, -0.25) is 9.52 Å². The molecule has 2 heterocycles. The molecule has 0 aliphatic heterocycles. The Labute approximate surface area is 178 Å². The topological polar surface area (TPSA) is 117 Å². The lowest BCUT2D eigenvalue weighted by Crippen LogP contribution is -2.16. The molecule has 2 aromatic heterocycles. The van der Waals surface area contributed by atoms with Gasteiger partial charge in [0, 0.05) is 41.6 Å². The van der Waals surface area contributed by atoms with Crippen LogP contribution in [0.1, 0.15) is 5.56 Å². The summed E-state index contributed by atoms with van der Waals surface area (Å²) in [5, 5.41) is 10.1. The predicted molar refractivity (Wildman–Crippen MR) is 119 cm³/mol. The Balaban J connectivity index is 1.96. The fourth-order valence-electron chi connectivity index (χ4n) is 3.36. The van der Waals surface area contributed by atoms with E-state index in [4.69, 9.17) is 4.74 Å². The Morgan fingerprint density at radius 3 is 2.61 bits per heavy atom. The molecule has 0 amide bonds. The molecule has 0 aliphatic rings. The Hall–Kier alpha value is -4.03. The van der Waals surface area contributed by atoms with Gasteiger partial charge < -0.3 is 14.3 Å². The zero-order chi connectivity index (χ0) is 22.2. The highest BCUT2D eigenvalue weighted by molar-refractivity contribution is 7.92. The van der Waals surface area contributed by atoms with Crippen molar-refractivity contribution in [3.05, 3.63) is 76.8 Å². The van der Waals surface area contributed by atoms with Crippen LogP contribution in [0.25, 0.3) is 22.0 Å². The number of H-pyrrole nitrogens is 1. The summed E-state index contributed by atoms with van der Waals surface area (Å²) in [5.74, 6) is 0.771. The van der Waals surface area contributed by atoms with Crippen molar-refractivity contribution in [2.75, 3.05) is 11.0 Å². The van der Waals surface area contributed by atoms with Gasteiger partial charge in [0.25, 0.3) is 5.56 Å². The summed E-state index contributed by atoms with van der Waals surface area (Å²) in [4.78, 5) is 15.4. The number of fused-ring (bicyclic) bond motifs is 1. The second kappa shape index (κ2) is 7.66. The maximum absolute atomic E-state index is 12.5. The number of hydrogen-bond donors (Lipinski definition) is 2. The third-order valence-corrected chi connectivity index (χ3v) is 5.30. The molecule has 0 radical (unpaired) electrons. The highest BCUT2D eigenvalue weighted by atomic mass is 32.2. The second-order valence-electron chi connectivity index (χ2n) is 7.02. The minimum absolute atomic E-state index is 0.188. The van der Waals surface area contributed by atoms with Gasteiger partial charge in [-0.15, -0.1) is 0 Å². The van der Waals surface area contributed by atoms with Gasteiger partial charge in [-0.25, -0.2) is 8.42 Å². The first-order valence-electron chi connectivity index (χ1n) is 9.23. The first-order valence-corrected chi connectivity index (χ1v) is 11.1. The highest BCUT2D eigenvalue weighted by Crippen LogP contribution is 2.39. The summed E-state index contributed by atoms with van der Waals surface area (Å²) in [6.45, 7) is 0. The van der Waals surface area contributed by atoms with Crippen molar-refractivity contribution in [2.24, 2.45) is 7.05 Å². The van der Waals surface area contributed by atoms with E-state index in [1.807, 2.05) is 0 Å². The standard InChI is InChI=1S/C22H18N4O4S/c1-26-13-18(16-9-10-24-21(16)22(26)27)17-11-15(25-31(2,28)29)7-8-20(17)30-19-6-4-3-5-14(19)12-23/h3-11,13,24-25H,1-2H3. The van der Waals surface area contributed by atoms with Crippen molar-refractivity contribution < 1.29 is 13.2 Å². The van der Waals surface area contributed by atoms with Crippen LogP contribution in [0, 0.1) is 11.3 Å². The van der Waals surface area contributed by atoms with E-state index in [0.29, 0.717) is 44.8 Å². The smallest absolute Gasteiger partial charge is 0.274 e. The molecular formula is C22H18N4O4S. The average molecular weight is 434 g/mol. The van der Waals surface area contributed by atoms with Crippen molar-refractivity contribution in [2.45, 2.75) is 0 Å². The maximum atomic E-state index is 12.5. The fraction of sp³-hybridized carbons (Fsp3) is 0.0909. The van der Waals surface area contributed by atoms with Gasteiger partial charge in [0.2, 0.25) is 10.0 Å². The molecule has 4 rings (SSSR count). The van der Waals surface area contributed by atoms with Gasteiger partial charge in [0.15, 0.2) is 0 Å². The molecule has 156 valence electrons. The Bertz CT molecular complexity index is 1510. The number of nitrogens with zero attached hydrogens (tertiary/aromatic N) is 2. The summed E-state index contributed by atoms with van der Waals surface area (Å²) in [5.41, 5.74) is 2.16. The number of benzene rings is 2. The normalized spacial score (nSPS) is 11.3. The van der Waals surface area contributed by atoms with Gasteiger partial charge in [-0.1, -0.05) is 12.1 Å². The van der Waals surface area contributed by atoms with Crippen molar-refractivity contribution in [3.8, 4) is 28.7 Å². The van der Waals surface area contributed by atoms with E-state index in [2.05, 4.69) is 15.8 Å². The number of nitrogens with one attached hydrogen (secondary N) is 2. The van der Waals surface area contributed by atoms with E-state index in [9.17, 15) is 18.5 Å². The maximum Gasteiger partial charge on any atom is 0.274 e. The minimum Gasteiger partial charge on any atom is -0.455 e. The molecule has 0 aliphatic carbocycles. The molecule has 2 aromatic carbocycles. The molecule has 8 nitrogen and oxygen atoms in total. The van der Waals surface area contributed by atoms with E-state index >= 15 is 0 Å². The van der Waals surface area contributed by atoms with Crippen molar-refractivity contribution in [3.63, 3.8) is 0 Å². The lowest BCUT2D eigenvalue weighted by molar-refractivity contribution is 0.483. The molecule has 9 heteroatoms. The van der Waals surface area contributed by atoms with Gasteiger partial charge in [0.05, 0.1) is 11.8 Å². The van der Waals surface area contributed by atoms with Crippen LogP contribution >= 0.6 is 0 Å². The Morgan fingerprint density at radius 2 is 1.87 bits per heavy atom. The van der Waals surface area contributed by atoms with Crippen LogP contribution in [0.5, 0.6) is 11.5 Å². The third kappa shape index (κ3) is 4.01. The second-order valence-corrected chi connectivity index (χ2v) is 8.77. The highest BCUT2D eigenvalue weighted by Gasteiger charge is 2.17. The number of sulfonamides is 1. The lowest BCUT2D eigenvalue weighted by atomic mass is 10.0. The third-order valence-electron chi connectivity index (χ3n) is 4.69. The van der Waals surface area contributed by atoms with E-state index in [1.165, 1.54) is 4.57 Å². The van der Waals surface area contributed by atoms with Crippen LogP contribution in [0.2, 0.25) is 0 Å². The molecular weight excluding hydrogens is 416 g/mol. The van der Waals surface area contributed by atoms with Crippen LogP contribution in [0.15, 0.2) is 65.7 Å². The number of nitriles is 1. The van der Waals surface area contributed by atoms with Crippen LogP contribution in [0.4, 0.5) is 5.69 Å². The Morgan fingerprint density at radius 1 is 1.10 bits per heavy atom. The zero-order valence-electron chi connectivity index (χ0n) is 16.7. The van der Waals surface area contributed by atoms with Crippen LogP contribution in [0.3, 0.4) is 0 Å². The van der Waals surface area contributed by atoms with E-state index in [-0.39, 0.29) is 5.56 Å². The summed E-state index contributed by atoms with van der Waals surface area (Å²) in [6, 6.07) is 15.5. The molecule has 2 N–H and O–H groups in total. The molecule has 0 saturated heterocycles. The van der Waals surface area contributed by atoms with Gasteiger partial charge in [-0.05, 0) is 36.4 Å². The van der Waals surface area contributed by atoms with Crippen LogP contribution < -0.4 is 15.0 Å². The number of hydrogen-bond acceptors (Lipinski definition) is 5. The van der Waals surface area contributed by atoms with Crippen molar-refractivity contribution >= 4 is 26.6 Å². The zero-order valence-corrected chi connectivity index (χ0v) is 17.5. The first kappa shape index (κ1) is 20.3. The molecule has 31 heavy (non-hydrogen) atoms. The average Bonchev–Trinajstić information content (AvgIpc) is 3.21. The summed E-state index contributed by atoms with van der Waals surface area (Å²) < 4.78 is 33.5. The molecule has 0 atom stereocenters. The molecule has 0 spiro atoms. The van der Waals surface area contributed by atoms with E-state index in [0.717, 1.165) is 6.26 Å². The minimum atomic E-state index is -3.50. The van der Waals surface area contributed by atoms with Gasteiger partial charge in [0.1, 0.15) is 23.1 Å². The van der Waals surface area contributed by atoms with Crippen LogP contribution in [-0.4, -0.2) is 24.2 Å². The van der Waals surface area contributed by atoms with E-state index in [1.54, 1.807) is 68.0 Å². The molecule has 0 unspecified atom stereocenters. The van der Waals surface area contributed by atoms with E-state index < -0.39 is 10.0 Å². The number of aromatic nitrogens is 2. The molecule has 0 saturated carbocycles. The summed E-state index contributed by atoms with van der Waals surface area (Å²) >= 11 is 0. The van der Waals surface area contributed by atoms with Crippen LogP contribution in [-0.2, 0) is 17.1 Å². The molecule has 0 fully saturated rings. The first-order chi connectivity index (χ1) is 14.8. The largest absolute Gasteiger partial charge is 0.455 e. The van der Waals surface area contributed by atoms with Gasteiger partial charge >= 0.3 is 0 Å². The number of rotatable bonds is 5. The number of aryl methyl sites for hydroxylation is 1. The SMILES string of the molecule is Cn1cc(-c2cc(NS(C)(=O)=O)ccc2Oc2ccccc2C#N)c2cc[nH]c2c1=O. The monoisotopic (exact) mass is 434 g/mol. The predicted octanol–water partition coefficient (Wildman–Crippen LogP) is 3.57. The number of aromatic amines is 1. The summed E-state index contributed by atoms with van der Waals surface area (Å²) in [6.07, 6.45) is 4.40. The summed E-state index contributed by atoms with van der Waals surface area (Å²) in [7, 11) is -1.87. The number of pyridine rings is 1. The number of para-hydroxylation sites is 1. The van der Waals surface area contributed by atoms with Crippen molar-refractivity contribution in [1.29, 1.82) is 5.26 Å². The Kier molecular flexibility index (Phi) is 5.01. The van der Waals surface area contributed by atoms with Gasteiger partial charge in [-0.2, -0.15) is 5.26 Å². The lowest BCUT2D eigenvalue weighted by Gasteiger charge is -2.16. The number of anilines is 1. The quantitative estimate of drug-likeness (QED) is 0.498. The molecule has 4 aromatic rings. The fourth-order valence-corrected chi connectivity index (χ4v) is 3.91. The van der Waals surface area contributed by atoms with Crippen molar-refractivity contribution in [1.82, 2.24) is 9.55 Å². The molecule has 0 bridgehead atoms.